The van der Waals surface area contributed by atoms with E-state index in [-0.39, 0.29) is 36.4 Å². The number of carbonyl (C=O) groups is 2. The number of nitrogens with one attached hydrogen (secondary N) is 2. The smallest absolute Gasteiger partial charge is 0.444 e. The van der Waals surface area contributed by atoms with Crippen LogP contribution in [-0.4, -0.2) is 183 Å². The van der Waals surface area contributed by atoms with Crippen LogP contribution in [0, 0.1) is 3.57 Å². The highest BCUT2D eigenvalue weighted by Crippen LogP contribution is 2.44. The molecule has 104 heavy (non-hydrogen) atoms. The number of alkyl carbamates (subject to hydrolysis) is 2. The van der Waals surface area contributed by atoms with Crippen LogP contribution in [0.5, 0.6) is 0 Å². The van der Waals surface area contributed by atoms with Crippen molar-refractivity contribution in [3.63, 3.8) is 0 Å². The molecule has 566 valence electrons. The molecule has 0 aliphatic carbocycles. The molecule has 5 aliphatic rings. The maximum Gasteiger partial charge on any atom is 0.496 e. The molecular weight excluding hydrogens is 1510 g/mol. The Morgan fingerprint density at radius 1 is 0.596 bits per heavy atom. The summed E-state index contributed by atoms with van der Waals surface area (Å²) in [5.74, 6) is 1.78. The molecule has 5 saturated heterocycles. The van der Waals surface area contributed by atoms with Crippen LogP contribution < -0.4 is 25.9 Å². The number of piperidine rings is 2. The summed E-state index contributed by atoms with van der Waals surface area (Å²) < 4.78 is 54.7. The number of methoxy groups -OCH3 is 2. The SMILES string of the molecule is CC(C)(C)OC(=O)NC1C[C@H]2CC[C@@H](C1)N2c1cnc2c(I)cn(COCC[Si](C)(C)C)c2n1.COCCn1cc2c(Cl)c(-c3cn(COCC[Si](C)(C)C)c4nc(N5[C@@H]6CC[C@H]5CC(NC(=O)OC(C)(C)C)C6)cnc34)ccc2n1.COCCn1cc2c(Cl)c(B3OC(C)(C)C(C)(C)O3)ccc2n1. The van der Waals surface area contributed by atoms with E-state index in [1.54, 1.807) is 14.2 Å². The zero-order chi connectivity index (χ0) is 75.0. The fourth-order valence-corrected chi connectivity index (χ4v) is 17.1. The fraction of sp³-hybridized carbons (Fsp3) is 0.622. The lowest BCUT2D eigenvalue weighted by Gasteiger charge is -2.40. The molecule has 13 rings (SSSR count). The van der Waals surface area contributed by atoms with Crippen molar-refractivity contribution in [1.29, 1.82) is 0 Å². The number of benzene rings is 2. The van der Waals surface area contributed by atoms with E-state index in [0.717, 1.165) is 146 Å². The van der Waals surface area contributed by atoms with E-state index in [0.29, 0.717) is 68.5 Å². The topological polar surface area (TPSA) is 236 Å². The van der Waals surface area contributed by atoms with Gasteiger partial charge in [0.1, 0.15) is 47.3 Å². The largest absolute Gasteiger partial charge is 0.496 e. The minimum atomic E-state index is -1.24. The second kappa shape index (κ2) is 32.3. The van der Waals surface area contributed by atoms with Gasteiger partial charge in [-0.1, -0.05) is 74.6 Å². The van der Waals surface area contributed by atoms with Gasteiger partial charge in [0.15, 0.2) is 11.3 Å². The van der Waals surface area contributed by atoms with Crippen molar-refractivity contribution in [3.05, 3.63) is 75.1 Å². The number of rotatable bonds is 22. The third-order valence-corrected chi connectivity index (χ3v) is 25.2. The van der Waals surface area contributed by atoms with Crippen LogP contribution in [-0.2, 0) is 64.3 Å². The molecule has 2 aromatic carbocycles. The molecule has 24 nitrogen and oxygen atoms in total. The molecule has 11 heterocycles. The average Bonchev–Trinajstić information content (AvgIpc) is 1.60. The number of amides is 2. The molecule has 30 heteroatoms. The van der Waals surface area contributed by atoms with Crippen molar-refractivity contribution in [2.75, 3.05) is 50.4 Å². The summed E-state index contributed by atoms with van der Waals surface area (Å²) in [5.41, 5.74) is 5.88. The Morgan fingerprint density at radius 2 is 1.02 bits per heavy atom. The molecule has 4 bridgehead atoms. The minimum absolute atomic E-state index is 0.0708. The van der Waals surface area contributed by atoms with Crippen LogP contribution in [0.2, 0.25) is 61.4 Å². The van der Waals surface area contributed by atoms with Crippen LogP contribution in [0.25, 0.3) is 55.3 Å². The van der Waals surface area contributed by atoms with Crippen molar-refractivity contribution < 1.29 is 47.3 Å². The van der Waals surface area contributed by atoms with E-state index in [2.05, 4.69) is 114 Å². The van der Waals surface area contributed by atoms with E-state index in [1.165, 1.54) is 0 Å². The van der Waals surface area contributed by atoms with E-state index >= 15 is 0 Å². The molecule has 6 atom stereocenters. The van der Waals surface area contributed by atoms with E-state index in [9.17, 15) is 9.59 Å². The van der Waals surface area contributed by atoms with Gasteiger partial charge >= 0.3 is 19.3 Å². The monoisotopic (exact) mass is 1620 g/mol. The molecular formula is C74H108BCl2IN14O10Si2. The Labute approximate surface area is 638 Å². The van der Waals surface area contributed by atoms with Gasteiger partial charge in [-0.3, -0.25) is 9.36 Å². The molecule has 2 N–H and O–H groups in total. The maximum atomic E-state index is 12.5. The summed E-state index contributed by atoms with van der Waals surface area (Å²) in [6.07, 6.45) is 19.0. The normalized spacial score (nSPS) is 20.9. The number of carbonyl (C=O) groups excluding carboxylic acids is 2. The van der Waals surface area contributed by atoms with Crippen LogP contribution in [0.3, 0.4) is 0 Å². The summed E-state index contributed by atoms with van der Waals surface area (Å²) >= 11 is 16.0. The number of hydrogen-bond acceptors (Lipinski definition) is 18. The number of halogens is 3. The Morgan fingerprint density at radius 3 is 1.46 bits per heavy atom. The van der Waals surface area contributed by atoms with Gasteiger partial charge in [-0.2, -0.15) is 10.2 Å². The number of hydrogen-bond donors (Lipinski definition) is 2. The van der Waals surface area contributed by atoms with Crippen molar-refractivity contribution in [2.45, 2.75) is 257 Å². The third kappa shape index (κ3) is 19.2. The predicted octanol–water partition coefficient (Wildman–Crippen LogP) is 15.1. The number of anilines is 2. The van der Waals surface area contributed by atoms with Crippen LogP contribution in [0.15, 0.2) is 61.4 Å². The van der Waals surface area contributed by atoms with Crippen molar-refractivity contribution in [2.24, 2.45) is 0 Å². The molecule has 6 aromatic heterocycles. The van der Waals surface area contributed by atoms with Gasteiger partial charge in [-0.15, -0.1) is 0 Å². The Hall–Kier alpha value is -5.67. The van der Waals surface area contributed by atoms with Gasteiger partial charge in [0, 0.05) is 132 Å². The Kier molecular flexibility index (Phi) is 24.6. The van der Waals surface area contributed by atoms with Gasteiger partial charge < -0.3 is 67.3 Å². The van der Waals surface area contributed by atoms with Gasteiger partial charge in [-0.05, 0) is 167 Å². The van der Waals surface area contributed by atoms with Gasteiger partial charge in [-0.25, -0.2) is 29.5 Å². The second-order valence-corrected chi connectivity index (χ2v) is 47.0. The van der Waals surface area contributed by atoms with Crippen LogP contribution in [0.4, 0.5) is 21.2 Å². The lowest BCUT2D eigenvalue weighted by molar-refractivity contribution is 0.00578. The zero-order valence-electron chi connectivity index (χ0n) is 64.1. The summed E-state index contributed by atoms with van der Waals surface area (Å²) in [6, 6.07) is 11.6. The van der Waals surface area contributed by atoms with Crippen LogP contribution >= 0.6 is 45.8 Å². The standard InChI is InChI=1S/C34H48ClN7O4Si.C24H38IN5O3Si.C16H22BClN2O3/c1-34(2,3)46-33(43)37-22-16-23-8-9-24(17-22)42(23)29-18-36-31-26(19-40(32(31)38-29)21-45-14-15-47(5,6)7)25-10-11-28-27(30(25)35)20-41(39-28)12-13-44-4;1-24(2,3)33-23(31)27-16-11-17-7-8-18(12-16)30(17)20-13-26-21-19(25)14-29(22(21)28-20)15-32-9-10-34(4,5)6;1-15(2)16(3,4)23-17(22-15)12-6-7-13-11(14(12)18)10-20(19-13)8-9-21-5/h10-11,18-20,22-24H,8-9,12-17,21H2,1-7H3,(H,37,43);13-14,16-18H,7-12,15H2,1-6H3,(H,27,31);6-7,10H,8-9H2,1-5H3/t22?,23-,24+;16?,17-,18+;. The van der Waals surface area contributed by atoms with Gasteiger partial charge in [0.05, 0.1) is 74.5 Å². The van der Waals surface area contributed by atoms with Crippen molar-refractivity contribution in [1.82, 2.24) is 59.3 Å². The molecule has 2 unspecified atom stereocenters. The van der Waals surface area contributed by atoms with E-state index in [1.807, 2.05) is 128 Å². The van der Waals surface area contributed by atoms with Crippen LogP contribution in [0.1, 0.15) is 121 Å². The molecule has 0 saturated carbocycles. The highest BCUT2D eigenvalue weighted by atomic mass is 127. The van der Waals surface area contributed by atoms with Gasteiger partial charge in [0.25, 0.3) is 0 Å². The lowest BCUT2D eigenvalue weighted by Crippen LogP contribution is -2.51. The highest BCUT2D eigenvalue weighted by Gasteiger charge is 2.53. The molecule has 5 fully saturated rings. The number of aromatic nitrogens is 10. The summed E-state index contributed by atoms with van der Waals surface area (Å²) in [5, 5.41) is 18.4. The fourth-order valence-electron chi connectivity index (χ4n) is 14.2. The maximum absolute atomic E-state index is 12.5. The van der Waals surface area contributed by atoms with Crippen molar-refractivity contribution in [3.8, 4) is 11.1 Å². The molecule has 8 aromatic rings. The van der Waals surface area contributed by atoms with Crippen molar-refractivity contribution >= 4 is 142 Å². The summed E-state index contributed by atoms with van der Waals surface area (Å²) in [7, 11) is 0.525. The number of fused-ring (bicyclic) bond motifs is 8. The lowest BCUT2D eigenvalue weighted by atomic mass is 9.78. The first-order valence-electron chi connectivity index (χ1n) is 36.7. The first-order valence-corrected chi connectivity index (χ1v) is 45.9. The number of ether oxygens (including phenoxy) is 6. The quantitative estimate of drug-likeness (QED) is 0.0364. The first-order chi connectivity index (χ1) is 48.9. The summed E-state index contributed by atoms with van der Waals surface area (Å²) in [4.78, 5) is 49.8. The Bertz CT molecular complexity index is 4290. The van der Waals surface area contributed by atoms with E-state index in [4.69, 9.17) is 80.9 Å². The molecule has 0 radical (unpaired) electrons. The summed E-state index contributed by atoms with van der Waals surface area (Å²) in [6.45, 7) is 38.5. The molecule has 2 amide bonds. The minimum Gasteiger partial charge on any atom is -0.444 e. The predicted molar refractivity (Wildman–Crippen MR) is 427 cm³/mol. The average molecular weight is 1620 g/mol. The molecule has 5 aliphatic heterocycles. The third-order valence-electron chi connectivity index (χ3n) is 20.2. The first kappa shape index (κ1) is 79.4. The zero-order valence-corrected chi connectivity index (χ0v) is 69.8. The highest BCUT2D eigenvalue weighted by molar-refractivity contribution is 14.1. The number of nitrogens with zero attached hydrogens (tertiary/aromatic N) is 12. The Balaban J connectivity index is 0.000000166. The van der Waals surface area contributed by atoms with E-state index < -0.39 is 45.7 Å². The molecule has 0 spiro atoms. The second-order valence-electron chi connectivity index (χ2n) is 33.8. The van der Waals surface area contributed by atoms with Gasteiger partial charge in [0.2, 0.25) is 0 Å².